The third-order valence-electron chi connectivity index (χ3n) is 5.26. The van der Waals surface area contributed by atoms with Crippen LogP contribution in [0.2, 0.25) is 0 Å². The van der Waals surface area contributed by atoms with Crippen molar-refractivity contribution >= 4 is 34.1 Å². The Morgan fingerprint density at radius 1 is 0.500 bits per heavy atom. The van der Waals surface area contributed by atoms with Crippen molar-refractivity contribution in [1.82, 2.24) is 0 Å². The van der Waals surface area contributed by atoms with Gasteiger partial charge in [0.15, 0.2) is 0 Å². The van der Waals surface area contributed by atoms with Crippen molar-refractivity contribution < 1.29 is 19.5 Å². The fourth-order valence-corrected chi connectivity index (χ4v) is 3.79. The molecule has 0 unspecified atom stereocenters. The number of hydrogen-bond acceptors (Lipinski definition) is 5. The largest absolute Gasteiger partial charge is 0.399 e. The zero-order chi connectivity index (χ0) is 20.8. The van der Waals surface area contributed by atoms with Crippen molar-refractivity contribution in [2.45, 2.75) is 0 Å². The van der Waals surface area contributed by atoms with Crippen molar-refractivity contribution in [2.75, 3.05) is 5.73 Å². The zero-order valence-electron chi connectivity index (χ0n) is 17.2. The van der Waals surface area contributed by atoms with Crippen LogP contribution in [0.15, 0.2) is 134 Å². The summed E-state index contributed by atoms with van der Waals surface area (Å²) < 4.78 is 0. The first-order chi connectivity index (χ1) is 15.2. The summed E-state index contributed by atoms with van der Waals surface area (Å²) in [5.41, 5.74) is 15.6. The van der Waals surface area contributed by atoms with Gasteiger partial charge in [0.2, 0.25) is 0 Å². The number of benzene rings is 1. The van der Waals surface area contributed by atoms with E-state index in [-0.39, 0.29) is 19.5 Å². The van der Waals surface area contributed by atoms with Gasteiger partial charge in [-0.3, -0.25) is 0 Å². The van der Waals surface area contributed by atoms with E-state index in [2.05, 4.69) is 11.1 Å². The SMILES string of the molecule is Nc1ccc(C2=CC3=CC4=NC(=CC5=NC(=CC6=NC(=CC2=N3)C=C6)C=C5)C=C4)cc1.[Zn]. The molecule has 1 aromatic rings. The van der Waals surface area contributed by atoms with Gasteiger partial charge in [-0.2, -0.15) is 0 Å². The van der Waals surface area contributed by atoms with Gasteiger partial charge in [0.25, 0.3) is 0 Å². The third-order valence-corrected chi connectivity index (χ3v) is 5.26. The van der Waals surface area contributed by atoms with Gasteiger partial charge >= 0.3 is 0 Å². The molecule has 0 aromatic heterocycles. The van der Waals surface area contributed by atoms with Crippen LogP contribution in [0, 0.1) is 0 Å². The van der Waals surface area contributed by atoms with Gasteiger partial charge in [-0.15, -0.1) is 0 Å². The van der Waals surface area contributed by atoms with Crippen LogP contribution < -0.4 is 5.73 Å². The molecule has 5 aliphatic heterocycles. The van der Waals surface area contributed by atoms with Crippen LogP contribution >= 0.6 is 0 Å². The number of nitrogens with zero attached hydrogens (tertiary/aromatic N) is 4. The molecule has 5 nitrogen and oxygen atoms in total. The molecular weight excluding hydrogens is 448 g/mol. The summed E-state index contributed by atoms with van der Waals surface area (Å²) in [6.07, 6.45) is 22.0. The topological polar surface area (TPSA) is 75.5 Å². The van der Waals surface area contributed by atoms with E-state index in [1.807, 2.05) is 85.0 Å². The van der Waals surface area contributed by atoms with Crippen LogP contribution in [0.3, 0.4) is 0 Å². The molecule has 6 rings (SSSR count). The molecule has 0 saturated carbocycles. The Bertz CT molecular complexity index is 1400. The van der Waals surface area contributed by atoms with Crippen LogP contribution in [-0.4, -0.2) is 22.8 Å². The minimum absolute atomic E-state index is 0. The average Bonchev–Trinajstić information content (AvgIpc) is 3.54. The van der Waals surface area contributed by atoms with E-state index < -0.39 is 0 Å². The molecule has 2 N–H and O–H groups in total. The summed E-state index contributed by atoms with van der Waals surface area (Å²) in [5, 5.41) is 0. The van der Waals surface area contributed by atoms with E-state index in [9.17, 15) is 0 Å². The van der Waals surface area contributed by atoms with Crippen molar-refractivity contribution in [3.05, 3.63) is 119 Å². The van der Waals surface area contributed by atoms with E-state index in [1.54, 1.807) is 0 Å². The van der Waals surface area contributed by atoms with Crippen molar-refractivity contribution in [1.29, 1.82) is 0 Å². The Kier molecular flexibility index (Phi) is 5.08. The molecule has 5 heterocycles. The van der Waals surface area contributed by atoms with E-state index in [1.165, 1.54) is 0 Å². The molecule has 0 radical (unpaired) electrons. The van der Waals surface area contributed by atoms with Crippen LogP contribution in [-0.2, 0) is 19.5 Å². The van der Waals surface area contributed by atoms with E-state index >= 15 is 0 Å². The Hall–Kier alpha value is -3.76. The molecule has 0 fully saturated rings. The Morgan fingerprint density at radius 2 is 1.00 bits per heavy atom. The normalized spacial score (nSPS) is 19.8. The smallest absolute Gasteiger partial charge is 0.0737 e. The Balaban J connectivity index is 0.00000216. The predicted molar refractivity (Wildman–Crippen MR) is 128 cm³/mol. The van der Waals surface area contributed by atoms with Gasteiger partial charge in [0, 0.05) is 30.7 Å². The van der Waals surface area contributed by atoms with E-state index in [0.717, 1.165) is 62.5 Å². The van der Waals surface area contributed by atoms with Gasteiger partial charge in [0.05, 0.1) is 45.6 Å². The first kappa shape index (κ1) is 20.2. The van der Waals surface area contributed by atoms with Crippen LogP contribution in [0.5, 0.6) is 0 Å². The second-order valence-electron chi connectivity index (χ2n) is 7.56. The molecular formula is C26H17N5Zn. The molecule has 8 bridgehead atoms. The second-order valence-corrected chi connectivity index (χ2v) is 7.56. The van der Waals surface area contributed by atoms with Crippen molar-refractivity contribution in [3.63, 3.8) is 0 Å². The molecule has 148 valence electrons. The van der Waals surface area contributed by atoms with Crippen LogP contribution in [0.25, 0.3) is 5.57 Å². The third kappa shape index (κ3) is 3.93. The number of fused-ring (bicyclic) bond motifs is 4. The fraction of sp³-hybridized carbons (Fsp3) is 0. The second kappa shape index (κ2) is 8.06. The predicted octanol–water partition coefficient (Wildman–Crippen LogP) is 4.69. The average molecular weight is 465 g/mol. The molecule has 0 aliphatic carbocycles. The summed E-state index contributed by atoms with van der Waals surface area (Å²) >= 11 is 0. The van der Waals surface area contributed by atoms with Gasteiger partial charge in [-0.25, -0.2) is 20.0 Å². The standard InChI is InChI=1S/C26H17N5.Zn/c27-17-3-1-16(2-4-17)25-14-24-13-22-8-7-20(29-22)11-18-5-6-19(28-18)12-21-9-10-23(30-21)15-26(25)31-24;/h1-15H,27H2;. The number of anilines is 1. The Labute approximate surface area is 198 Å². The number of hydrogen-bond donors (Lipinski definition) is 1. The summed E-state index contributed by atoms with van der Waals surface area (Å²) in [5.74, 6) is 0. The van der Waals surface area contributed by atoms with Gasteiger partial charge in [0.1, 0.15) is 0 Å². The summed E-state index contributed by atoms with van der Waals surface area (Å²) in [4.78, 5) is 18.9. The molecule has 5 aliphatic rings. The first-order valence-corrected chi connectivity index (χ1v) is 10.0. The quantitative estimate of drug-likeness (QED) is 0.475. The molecule has 32 heavy (non-hydrogen) atoms. The zero-order valence-corrected chi connectivity index (χ0v) is 20.2. The van der Waals surface area contributed by atoms with E-state index in [0.29, 0.717) is 0 Å². The molecule has 0 spiro atoms. The Morgan fingerprint density at radius 3 is 1.56 bits per heavy atom. The summed E-state index contributed by atoms with van der Waals surface area (Å²) in [6, 6.07) is 7.83. The molecule has 0 amide bonds. The van der Waals surface area contributed by atoms with Crippen molar-refractivity contribution in [2.24, 2.45) is 20.0 Å². The number of nitrogens with two attached hydrogens (primary N) is 1. The van der Waals surface area contributed by atoms with Crippen LogP contribution in [0.1, 0.15) is 5.56 Å². The minimum atomic E-state index is 0. The maximum Gasteiger partial charge on any atom is 0.0737 e. The monoisotopic (exact) mass is 463 g/mol. The molecule has 0 atom stereocenters. The summed E-state index contributed by atoms with van der Waals surface area (Å²) in [7, 11) is 0. The molecule has 6 heteroatoms. The maximum absolute atomic E-state index is 5.88. The van der Waals surface area contributed by atoms with Gasteiger partial charge in [-0.05, 0) is 84.5 Å². The fourth-order valence-electron chi connectivity index (χ4n) is 3.79. The number of rotatable bonds is 1. The van der Waals surface area contributed by atoms with Gasteiger partial charge in [-0.1, -0.05) is 12.1 Å². The molecule has 1 aromatic carbocycles. The number of nitrogen functional groups attached to an aromatic ring is 1. The minimum Gasteiger partial charge on any atom is -0.399 e. The maximum atomic E-state index is 5.88. The van der Waals surface area contributed by atoms with Gasteiger partial charge < -0.3 is 5.73 Å². The summed E-state index contributed by atoms with van der Waals surface area (Å²) in [6.45, 7) is 0. The number of allylic oxidation sites excluding steroid dienone is 12. The number of aliphatic imine (C=N–C) groups is 4. The van der Waals surface area contributed by atoms with E-state index in [4.69, 9.17) is 20.7 Å². The van der Waals surface area contributed by atoms with Crippen LogP contribution in [0.4, 0.5) is 5.69 Å². The first-order valence-electron chi connectivity index (χ1n) is 10.0. The molecule has 0 saturated heterocycles. The van der Waals surface area contributed by atoms with Crippen molar-refractivity contribution in [3.8, 4) is 0 Å².